The van der Waals surface area contributed by atoms with Crippen LogP contribution in [0.15, 0.2) is 48.5 Å². The summed E-state index contributed by atoms with van der Waals surface area (Å²) in [6.07, 6.45) is 6.13. The highest BCUT2D eigenvalue weighted by molar-refractivity contribution is 7.16. The van der Waals surface area contributed by atoms with E-state index in [0.717, 1.165) is 93.7 Å². The highest BCUT2D eigenvalue weighted by Crippen LogP contribution is 2.59. The molecule has 52 heavy (non-hydrogen) atoms. The molecule has 0 N–H and O–H groups in total. The fourth-order valence-corrected chi connectivity index (χ4v) is 9.57. The van der Waals surface area contributed by atoms with Gasteiger partial charge in [-0.3, -0.25) is 0 Å². The van der Waals surface area contributed by atoms with Gasteiger partial charge in [-0.05, 0) is 71.7 Å². The van der Waals surface area contributed by atoms with E-state index >= 15 is 0 Å². The lowest BCUT2D eigenvalue weighted by molar-refractivity contribution is 0.147. The molecule has 9 nitrogen and oxygen atoms in total. The average Bonchev–Trinajstić information content (AvgIpc) is 3.64. The van der Waals surface area contributed by atoms with Crippen LogP contribution < -0.4 is 38.4 Å². The lowest BCUT2D eigenvalue weighted by Crippen LogP contribution is -2.39. The van der Waals surface area contributed by atoms with Crippen molar-refractivity contribution in [3.8, 4) is 40.0 Å². The van der Waals surface area contributed by atoms with Crippen molar-refractivity contribution < 1.29 is 23.7 Å². The Morgan fingerprint density at radius 3 is 1.69 bits per heavy atom. The maximum absolute atomic E-state index is 7.53. The molecule has 0 amide bonds. The topological polar surface area (TPSA) is 68.8 Å². The second-order valence-corrected chi connectivity index (χ2v) is 14.3. The molecule has 2 aliphatic rings. The molecule has 1 aliphatic carbocycles. The molecule has 4 aromatic rings. The van der Waals surface area contributed by atoms with Gasteiger partial charge in [-0.2, -0.15) is 0 Å². The van der Waals surface area contributed by atoms with Crippen molar-refractivity contribution in [2.24, 2.45) is 0 Å². The van der Waals surface area contributed by atoms with Crippen LogP contribution in [-0.4, -0.2) is 72.2 Å². The first-order chi connectivity index (χ1) is 25.4. The fraction of sp³-hybridized carbons (Fsp3) is 0.500. The summed E-state index contributed by atoms with van der Waals surface area (Å²) in [6.45, 7) is 15.0. The van der Waals surface area contributed by atoms with Crippen LogP contribution in [0.3, 0.4) is 0 Å². The van der Waals surface area contributed by atoms with Gasteiger partial charge in [-0.1, -0.05) is 42.7 Å². The number of methoxy groups -OCH3 is 4. The summed E-state index contributed by atoms with van der Waals surface area (Å²) in [5.41, 5.74) is 4.12. The molecule has 1 saturated carbocycles. The van der Waals surface area contributed by atoms with E-state index in [4.69, 9.17) is 28.7 Å². The van der Waals surface area contributed by atoms with Crippen molar-refractivity contribution in [3.63, 3.8) is 0 Å². The maximum Gasteiger partial charge on any atom is 0.203 e. The van der Waals surface area contributed by atoms with Gasteiger partial charge in [-0.25, -0.2) is 4.98 Å². The summed E-state index contributed by atoms with van der Waals surface area (Å²) in [5.74, 6) is 3.55. The van der Waals surface area contributed by atoms with Crippen LogP contribution in [0.5, 0.6) is 28.7 Å². The quantitative estimate of drug-likeness (QED) is 0.119. The Labute approximate surface area is 314 Å². The number of hydrogen-bond acceptors (Lipinski definition) is 10. The first-order valence-electron chi connectivity index (χ1n) is 19.0. The zero-order valence-electron chi connectivity index (χ0n) is 32.5. The van der Waals surface area contributed by atoms with Gasteiger partial charge in [0.2, 0.25) is 5.60 Å². The number of para-hydroxylation sites is 1. The van der Waals surface area contributed by atoms with Gasteiger partial charge in [0.05, 0.1) is 61.5 Å². The Kier molecular flexibility index (Phi) is 11.6. The third-order valence-electron chi connectivity index (χ3n) is 10.9. The third-order valence-corrected chi connectivity index (χ3v) is 12.1. The van der Waals surface area contributed by atoms with Crippen molar-refractivity contribution >= 4 is 27.8 Å². The molecular formula is C42H56N4O5S. The van der Waals surface area contributed by atoms with Crippen LogP contribution in [0.25, 0.3) is 11.3 Å². The van der Waals surface area contributed by atoms with Crippen LogP contribution >= 0.6 is 11.3 Å². The smallest absolute Gasteiger partial charge is 0.203 e. The van der Waals surface area contributed by atoms with Crippen molar-refractivity contribution in [3.05, 3.63) is 64.5 Å². The van der Waals surface area contributed by atoms with Gasteiger partial charge in [-0.15, -0.1) is 0 Å². The number of benzene rings is 3. The largest absolute Gasteiger partial charge is 0.496 e. The predicted octanol–water partition coefficient (Wildman–Crippen LogP) is 9.38. The lowest BCUT2D eigenvalue weighted by atomic mass is 9.79. The Hall–Kier alpha value is -4.31. The highest BCUT2D eigenvalue weighted by atomic mass is 32.1. The van der Waals surface area contributed by atoms with Crippen LogP contribution in [0.2, 0.25) is 0 Å². The Morgan fingerprint density at radius 1 is 0.692 bits per heavy atom. The number of thiazole rings is 1. The first kappa shape index (κ1) is 37.4. The summed E-state index contributed by atoms with van der Waals surface area (Å²) in [5, 5.41) is 1.00. The molecule has 1 aliphatic heterocycles. The van der Waals surface area contributed by atoms with E-state index in [9.17, 15) is 0 Å². The van der Waals surface area contributed by atoms with Crippen molar-refractivity contribution in [1.82, 2.24) is 4.98 Å². The normalized spacial score (nSPS) is 14.9. The molecule has 2 heterocycles. The third kappa shape index (κ3) is 6.37. The number of fused-ring (bicyclic) bond motifs is 3. The van der Waals surface area contributed by atoms with Gasteiger partial charge < -0.3 is 38.4 Å². The molecule has 0 bridgehead atoms. The van der Waals surface area contributed by atoms with Gasteiger partial charge in [0.1, 0.15) is 28.7 Å². The average molecular weight is 729 g/mol. The summed E-state index contributed by atoms with van der Waals surface area (Å²) in [7, 11) is 6.91. The number of ether oxygens (including phenoxy) is 5. The molecule has 3 aromatic carbocycles. The second-order valence-electron chi connectivity index (χ2n) is 13.3. The molecule has 0 saturated heterocycles. The van der Waals surface area contributed by atoms with E-state index in [1.54, 1.807) is 39.8 Å². The molecule has 6 rings (SSSR count). The van der Waals surface area contributed by atoms with Gasteiger partial charge >= 0.3 is 0 Å². The zero-order chi connectivity index (χ0) is 37.0. The highest BCUT2D eigenvalue weighted by Gasteiger charge is 2.52. The standard InChI is InChI=1S/C42H56N4O5S/c1-10-44(11-2)32-26-35(47-6)30(24-37(32)49-8)42(31-25-38(50-9)33(27-36(31)48-7)45(12-3)13-4)40-39(29-22-18-19-23-34(29)51-42)43-41(52-40)46(14-5)28-20-16-15-17-21-28/h18-19,22-28H,10-17,20-21H2,1-9H3. The van der Waals surface area contributed by atoms with E-state index in [0.29, 0.717) is 17.5 Å². The minimum absolute atomic E-state index is 0.447. The van der Waals surface area contributed by atoms with Crippen LogP contribution in [0, 0.1) is 0 Å². The number of aromatic nitrogens is 1. The van der Waals surface area contributed by atoms with E-state index in [1.165, 1.54) is 32.1 Å². The van der Waals surface area contributed by atoms with E-state index in [-0.39, 0.29) is 0 Å². The number of hydrogen-bond donors (Lipinski definition) is 0. The van der Waals surface area contributed by atoms with Crippen molar-refractivity contribution in [2.75, 3.05) is 75.9 Å². The molecule has 1 fully saturated rings. The monoisotopic (exact) mass is 728 g/mol. The van der Waals surface area contributed by atoms with Crippen LogP contribution in [-0.2, 0) is 5.60 Å². The van der Waals surface area contributed by atoms with Crippen molar-refractivity contribution in [2.45, 2.75) is 78.4 Å². The number of nitrogens with zero attached hydrogens (tertiary/aromatic N) is 4. The SMILES string of the molecule is CCN(CC)c1cc(OC)c(C2(c3cc(OC)c(N(CC)CC)cc3OC)Oc3ccccc3-c3nc(N(CC)C4CCCCC4)sc32)cc1OC. The van der Waals surface area contributed by atoms with Crippen LogP contribution in [0.1, 0.15) is 82.7 Å². The van der Waals surface area contributed by atoms with E-state index in [1.807, 2.05) is 12.1 Å². The molecule has 10 heteroatoms. The van der Waals surface area contributed by atoms with Crippen LogP contribution in [0.4, 0.5) is 16.5 Å². The maximum atomic E-state index is 7.53. The first-order valence-corrected chi connectivity index (χ1v) is 19.8. The molecule has 280 valence electrons. The minimum atomic E-state index is -1.26. The zero-order valence-corrected chi connectivity index (χ0v) is 33.3. The summed E-state index contributed by atoms with van der Waals surface area (Å²) in [4.78, 5) is 13.6. The minimum Gasteiger partial charge on any atom is -0.496 e. The molecule has 0 atom stereocenters. The molecule has 1 aromatic heterocycles. The van der Waals surface area contributed by atoms with Crippen molar-refractivity contribution in [1.29, 1.82) is 0 Å². The van der Waals surface area contributed by atoms with E-state index in [2.05, 4.69) is 85.7 Å². The van der Waals surface area contributed by atoms with Gasteiger partial charge in [0.15, 0.2) is 5.13 Å². The Bertz CT molecular complexity index is 1760. The summed E-state index contributed by atoms with van der Waals surface area (Å²) < 4.78 is 32.6. The van der Waals surface area contributed by atoms with Gasteiger partial charge in [0.25, 0.3) is 0 Å². The lowest BCUT2D eigenvalue weighted by Gasteiger charge is -2.41. The number of rotatable bonds is 15. The fourth-order valence-electron chi connectivity index (χ4n) is 8.19. The predicted molar refractivity (Wildman–Crippen MR) is 214 cm³/mol. The molecule has 0 spiro atoms. The molecule has 0 radical (unpaired) electrons. The summed E-state index contributed by atoms with van der Waals surface area (Å²) in [6, 6.07) is 17.0. The number of anilines is 3. The van der Waals surface area contributed by atoms with Gasteiger partial charge in [0, 0.05) is 56.5 Å². The Balaban J connectivity index is 1.75. The molecular weight excluding hydrogens is 673 g/mol. The van der Waals surface area contributed by atoms with E-state index < -0.39 is 5.60 Å². The Morgan fingerprint density at radius 2 is 1.21 bits per heavy atom. The summed E-state index contributed by atoms with van der Waals surface area (Å²) >= 11 is 1.70. The second kappa shape index (κ2) is 16.1. The molecule has 0 unspecified atom stereocenters.